The molecule has 0 aromatic carbocycles. The molecule has 1 saturated carbocycles. The number of hydrogen-bond acceptors (Lipinski definition) is 4. The second-order valence-electron chi connectivity index (χ2n) is 4.64. The van der Waals surface area contributed by atoms with E-state index in [2.05, 4.69) is 5.32 Å². The van der Waals surface area contributed by atoms with Gasteiger partial charge in [-0.15, -0.1) is 0 Å². The number of ether oxygens (including phenoxy) is 1. The zero-order chi connectivity index (χ0) is 13.1. The van der Waals surface area contributed by atoms with Gasteiger partial charge in [0.2, 0.25) is 0 Å². The molecule has 1 heterocycles. The summed E-state index contributed by atoms with van der Waals surface area (Å²) in [6.45, 7) is 0.745. The SMILES string of the molecule is O=C(O)C(O)CNC(=O)N1CCOC2CCCC21. The van der Waals surface area contributed by atoms with Gasteiger partial charge in [0.25, 0.3) is 0 Å². The normalized spacial score (nSPS) is 28.6. The lowest BCUT2D eigenvalue weighted by Crippen LogP contribution is -2.55. The molecule has 18 heavy (non-hydrogen) atoms. The highest BCUT2D eigenvalue weighted by molar-refractivity contribution is 5.77. The summed E-state index contributed by atoms with van der Waals surface area (Å²) >= 11 is 0. The average molecular weight is 258 g/mol. The Morgan fingerprint density at radius 1 is 1.44 bits per heavy atom. The Morgan fingerprint density at radius 3 is 2.94 bits per heavy atom. The number of urea groups is 1. The Labute approximate surface area is 105 Å². The quantitative estimate of drug-likeness (QED) is 0.627. The summed E-state index contributed by atoms with van der Waals surface area (Å²) in [5.74, 6) is -1.34. The molecule has 0 spiro atoms. The van der Waals surface area contributed by atoms with Gasteiger partial charge in [0.05, 0.1) is 25.3 Å². The average Bonchev–Trinajstić information content (AvgIpc) is 2.83. The predicted octanol–water partition coefficient (Wildman–Crippen LogP) is -0.605. The molecule has 2 fully saturated rings. The third-order valence-electron chi connectivity index (χ3n) is 3.47. The summed E-state index contributed by atoms with van der Waals surface area (Å²) in [6, 6.07) is -0.240. The number of aliphatic hydroxyl groups excluding tert-OH is 1. The minimum atomic E-state index is -1.56. The molecule has 1 aliphatic heterocycles. The first-order valence-corrected chi connectivity index (χ1v) is 6.16. The maximum Gasteiger partial charge on any atom is 0.334 e. The third kappa shape index (κ3) is 2.73. The molecule has 1 saturated heterocycles. The van der Waals surface area contributed by atoms with E-state index in [-0.39, 0.29) is 24.7 Å². The number of aliphatic hydroxyl groups is 1. The second-order valence-corrected chi connectivity index (χ2v) is 4.64. The van der Waals surface area contributed by atoms with Gasteiger partial charge in [-0.3, -0.25) is 0 Å². The Balaban J connectivity index is 1.86. The zero-order valence-electron chi connectivity index (χ0n) is 10.0. The minimum absolute atomic E-state index is 0.0840. The number of carboxylic acid groups (broad SMARTS) is 1. The number of hydrogen-bond donors (Lipinski definition) is 3. The van der Waals surface area contributed by atoms with E-state index < -0.39 is 12.1 Å². The smallest absolute Gasteiger partial charge is 0.334 e. The minimum Gasteiger partial charge on any atom is -0.479 e. The fourth-order valence-corrected chi connectivity index (χ4v) is 2.55. The first kappa shape index (κ1) is 13.1. The van der Waals surface area contributed by atoms with Crippen LogP contribution in [-0.2, 0) is 9.53 Å². The lowest BCUT2D eigenvalue weighted by Gasteiger charge is -2.37. The number of amides is 2. The first-order chi connectivity index (χ1) is 8.59. The van der Waals surface area contributed by atoms with Gasteiger partial charge < -0.3 is 25.2 Å². The molecule has 0 bridgehead atoms. The van der Waals surface area contributed by atoms with Crippen molar-refractivity contribution in [1.82, 2.24) is 10.2 Å². The van der Waals surface area contributed by atoms with Crippen LogP contribution < -0.4 is 5.32 Å². The Morgan fingerprint density at radius 2 is 2.22 bits per heavy atom. The van der Waals surface area contributed by atoms with Crippen molar-refractivity contribution in [1.29, 1.82) is 0 Å². The van der Waals surface area contributed by atoms with Gasteiger partial charge in [-0.05, 0) is 19.3 Å². The number of nitrogens with zero attached hydrogens (tertiary/aromatic N) is 1. The van der Waals surface area contributed by atoms with E-state index in [0.717, 1.165) is 19.3 Å². The van der Waals surface area contributed by atoms with Crippen LogP contribution in [-0.4, -0.2) is 65.1 Å². The number of carboxylic acids is 1. The van der Waals surface area contributed by atoms with E-state index in [1.54, 1.807) is 4.90 Å². The van der Waals surface area contributed by atoms with E-state index in [4.69, 9.17) is 14.9 Å². The predicted molar refractivity (Wildman–Crippen MR) is 61.1 cm³/mol. The van der Waals surface area contributed by atoms with Crippen molar-refractivity contribution in [2.45, 2.75) is 37.5 Å². The fourth-order valence-electron chi connectivity index (χ4n) is 2.55. The standard InChI is InChI=1S/C11H18N2O5/c14-8(10(15)16)6-12-11(17)13-4-5-18-9-3-1-2-7(9)13/h7-9,14H,1-6H2,(H,12,17)(H,15,16). The summed E-state index contributed by atoms with van der Waals surface area (Å²) in [4.78, 5) is 24.0. The number of nitrogens with one attached hydrogen (secondary N) is 1. The number of aliphatic carboxylic acids is 1. The maximum absolute atomic E-state index is 11.9. The molecule has 2 aliphatic rings. The number of rotatable bonds is 3. The molecule has 0 aromatic rings. The molecule has 1 aliphatic carbocycles. The van der Waals surface area contributed by atoms with Crippen LogP contribution in [0.4, 0.5) is 4.79 Å². The largest absolute Gasteiger partial charge is 0.479 e. The summed E-state index contributed by atoms with van der Waals surface area (Å²) in [7, 11) is 0. The van der Waals surface area contributed by atoms with Crippen LogP contribution in [0.25, 0.3) is 0 Å². The Bertz CT molecular complexity index is 335. The number of carbonyl (C=O) groups excluding carboxylic acids is 1. The summed E-state index contributed by atoms with van der Waals surface area (Å²) in [5.41, 5.74) is 0. The Hall–Kier alpha value is -1.34. The topological polar surface area (TPSA) is 99.1 Å². The monoisotopic (exact) mass is 258 g/mol. The molecule has 102 valence electrons. The summed E-state index contributed by atoms with van der Waals surface area (Å²) in [6.07, 6.45) is 1.46. The molecule has 0 radical (unpaired) electrons. The number of fused-ring (bicyclic) bond motifs is 1. The molecule has 2 rings (SSSR count). The highest BCUT2D eigenvalue weighted by Crippen LogP contribution is 2.29. The molecule has 2 amide bonds. The molecule has 0 aromatic heterocycles. The maximum atomic E-state index is 11.9. The van der Waals surface area contributed by atoms with Crippen LogP contribution in [0.3, 0.4) is 0 Å². The van der Waals surface area contributed by atoms with Crippen LogP contribution >= 0.6 is 0 Å². The molecule has 3 N–H and O–H groups in total. The van der Waals surface area contributed by atoms with Gasteiger partial charge in [-0.1, -0.05) is 0 Å². The molecule has 3 unspecified atom stereocenters. The highest BCUT2D eigenvalue weighted by atomic mass is 16.5. The lowest BCUT2D eigenvalue weighted by atomic mass is 10.1. The molecular formula is C11H18N2O5. The molecular weight excluding hydrogens is 240 g/mol. The lowest BCUT2D eigenvalue weighted by molar-refractivity contribution is -0.146. The van der Waals surface area contributed by atoms with Crippen LogP contribution in [0.5, 0.6) is 0 Å². The van der Waals surface area contributed by atoms with Crippen LogP contribution in [0, 0.1) is 0 Å². The van der Waals surface area contributed by atoms with Crippen molar-refractivity contribution in [2.75, 3.05) is 19.7 Å². The van der Waals surface area contributed by atoms with Gasteiger partial charge in [-0.25, -0.2) is 9.59 Å². The molecule has 7 nitrogen and oxygen atoms in total. The van der Waals surface area contributed by atoms with Crippen LogP contribution in [0.2, 0.25) is 0 Å². The van der Waals surface area contributed by atoms with Crippen molar-refractivity contribution < 1.29 is 24.5 Å². The van der Waals surface area contributed by atoms with Gasteiger partial charge >= 0.3 is 12.0 Å². The molecule has 7 heteroatoms. The van der Waals surface area contributed by atoms with Crippen molar-refractivity contribution in [3.63, 3.8) is 0 Å². The third-order valence-corrected chi connectivity index (χ3v) is 3.47. The van der Waals surface area contributed by atoms with E-state index in [1.807, 2.05) is 0 Å². The molecule has 3 atom stereocenters. The van der Waals surface area contributed by atoms with Gasteiger partial charge in [0.15, 0.2) is 6.10 Å². The van der Waals surface area contributed by atoms with Crippen molar-refractivity contribution in [3.05, 3.63) is 0 Å². The van der Waals surface area contributed by atoms with Crippen LogP contribution in [0.15, 0.2) is 0 Å². The van der Waals surface area contributed by atoms with E-state index in [1.165, 1.54) is 0 Å². The summed E-state index contributed by atoms with van der Waals surface area (Å²) < 4.78 is 5.58. The van der Waals surface area contributed by atoms with Crippen molar-refractivity contribution >= 4 is 12.0 Å². The van der Waals surface area contributed by atoms with E-state index in [0.29, 0.717) is 13.2 Å². The first-order valence-electron chi connectivity index (χ1n) is 6.16. The van der Waals surface area contributed by atoms with Crippen molar-refractivity contribution in [2.24, 2.45) is 0 Å². The van der Waals surface area contributed by atoms with Crippen molar-refractivity contribution in [3.8, 4) is 0 Å². The number of morpholine rings is 1. The highest BCUT2D eigenvalue weighted by Gasteiger charge is 2.38. The van der Waals surface area contributed by atoms with Gasteiger partial charge in [-0.2, -0.15) is 0 Å². The second kappa shape index (κ2) is 5.53. The van der Waals surface area contributed by atoms with Crippen LogP contribution in [0.1, 0.15) is 19.3 Å². The van der Waals surface area contributed by atoms with Gasteiger partial charge in [0, 0.05) is 6.54 Å². The van der Waals surface area contributed by atoms with Gasteiger partial charge in [0.1, 0.15) is 0 Å². The van der Waals surface area contributed by atoms with E-state index in [9.17, 15) is 9.59 Å². The zero-order valence-corrected chi connectivity index (χ0v) is 10.0. The van der Waals surface area contributed by atoms with E-state index >= 15 is 0 Å². The fraction of sp³-hybridized carbons (Fsp3) is 0.818. The Kier molecular flexibility index (Phi) is 4.03. The number of carbonyl (C=O) groups is 2. The summed E-state index contributed by atoms with van der Waals surface area (Å²) in [5, 5.41) is 20.1.